The first kappa shape index (κ1) is 18.4. The van der Waals surface area contributed by atoms with E-state index in [0.717, 1.165) is 18.5 Å². The smallest absolute Gasteiger partial charge is 0.265 e. The van der Waals surface area contributed by atoms with E-state index in [1.807, 2.05) is 12.1 Å². The van der Waals surface area contributed by atoms with Crippen LogP contribution in [0.1, 0.15) is 51.4 Å². The van der Waals surface area contributed by atoms with Crippen molar-refractivity contribution in [1.82, 2.24) is 20.1 Å². The molecule has 1 aromatic carbocycles. The molecule has 0 aliphatic heterocycles. The summed E-state index contributed by atoms with van der Waals surface area (Å²) in [5.41, 5.74) is 1.53. The topological polar surface area (TPSA) is 88.9 Å². The van der Waals surface area contributed by atoms with Crippen LogP contribution < -0.4 is 10.6 Å². The Bertz CT molecular complexity index is 943. The highest BCUT2D eigenvalue weighted by Gasteiger charge is 2.19. The van der Waals surface area contributed by atoms with Crippen LogP contribution in [0.2, 0.25) is 0 Å². The highest BCUT2D eigenvalue weighted by atomic mass is 32.1. The van der Waals surface area contributed by atoms with Crippen LogP contribution in [-0.2, 0) is 0 Å². The molecule has 2 amide bonds. The quantitative estimate of drug-likeness (QED) is 0.690. The van der Waals surface area contributed by atoms with Gasteiger partial charge in [0, 0.05) is 11.7 Å². The van der Waals surface area contributed by atoms with E-state index in [0.29, 0.717) is 15.4 Å². The summed E-state index contributed by atoms with van der Waals surface area (Å²) in [4.78, 5) is 29.9. The number of nitrogens with zero attached hydrogens (tertiary/aromatic N) is 3. The van der Waals surface area contributed by atoms with Crippen molar-refractivity contribution in [2.45, 2.75) is 38.1 Å². The zero-order valence-electron chi connectivity index (χ0n) is 15.3. The molecule has 0 radical (unpaired) electrons. The molecule has 2 aromatic heterocycles. The molecule has 0 unspecified atom stereocenters. The average molecular weight is 395 g/mol. The lowest BCUT2D eigenvalue weighted by Gasteiger charge is -2.22. The number of rotatable bonds is 5. The average Bonchev–Trinajstić information content (AvgIpc) is 3.42. The zero-order valence-corrected chi connectivity index (χ0v) is 16.1. The van der Waals surface area contributed by atoms with Gasteiger partial charge in [0.15, 0.2) is 0 Å². The molecule has 3 aromatic rings. The minimum absolute atomic E-state index is 0.0897. The summed E-state index contributed by atoms with van der Waals surface area (Å²) in [7, 11) is 0. The first-order valence-electron chi connectivity index (χ1n) is 9.36. The zero-order chi connectivity index (χ0) is 19.3. The Labute approximate surface area is 166 Å². The molecule has 1 aliphatic rings. The van der Waals surface area contributed by atoms with E-state index >= 15 is 0 Å². The third kappa shape index (κ3) is 4.28. The van der Waals surface area contributed by atoms with Crippen molar-refractivity contribution in [1.29, 1.82) is 0 Å². The van der Waals surface area contributed by atoms with Crippen molar-refractivity contribution < 1.29 is 9.59 Å². The van der Waals surface area contributed by atoms with Gasteiger partial charge in [-0.1, -0.05) is 19.3 Å². The molecule has 2 heterocycles. The van der Waals surface area contributed by atoms with E-state index < -0.39 is 0 Å². The molecule has 8 heteroatoms. The maximum Gasteiger partial charge on any atom is 0.265 e. The van der Waals surface area contributed by atoms with Crippen LogP contribution in [-0.4, -0.2) is 32.6 Å². The third-order valence-electron chi connectivity index (χ3n) is 4.80. The van der Waals surface area contributed by atoms with Crippen LogP contribution in [0.5, 0.6) is 0 Å². The fourth-order valence-electron chi connectivity index (χ4n) is 3.32. The van der Waals surface area contributed by atoms with E-state index in [9.17, 15) is 9.59 Å². The molecule has 144 valence electrons. The summed E-state index contributed by atoms with van der Waals surface area (Å²) in [6.07, 6.45) is 8.73. The largest absolute Gasteiger partial charge is 0.349 e. The molecule has 1 saturated carbocycles. The Morgan fingerprint density at radius 3 is 2.36 bits per heavy atom. The summed E-state index contributed by atoms with van der Waals surface area (Å²) >= 11 is 1.21. The van der Waals surface area contributed by atoms with Crippen molar-refractivity contribution in [3.63, 3.8) is 0 Å². The van der Waals surface area contributed by atoms with Gasteiger partial charge in [0.05, 0.1) is 15.4 Å². The molecule has 0 bridgehead atoms. The number of thiophene rings is 1. The van der Waals surface area contributed by atoms with E-state index in [4.69, 9.17) is 0 Å². The van der Waals surface area contributed by atoms with Crippen molar-refractivity contribution in [3.8, 4) is 5.69 Å². The fraction of sp³-hybridized carbons (Fsp3) is 0.300. The van der Waals surface area contributed by atoms with E-state index in [2.05, 4.69) is 20.7 Å². The molecule has 2 N–H and O–H groups in total. The van der Waals surface area contributed by atoms with Gasteiger partial charge in [-0.3, -0.25) is 9.59 Å². The SMILES string of the molecule is O=C(Nc1ccc(-n2cncn2)cc1)c1ccc(C(=O)NC2CCCCC2)s1. The minimum atomic E-state index is -0.227. The molecular formula is C20H21N5O2S. The monoisotopic (exact) mass is 395 g/mol. The minimum Gasteiger partial charge on any atom is -0.349 e. The second-order valence-electron chi connectivity index (χ2n) is 6.81. The van der Waals surface area contributed by atoms with Gasteiger partial charge < -0.3 is 10.6 Å². The number of hydrogen-bond acceptors (Lipinski definition) is 5. The van der Waals surface area contributed by atoms with Crippen LogP contribution in [0.25, 0.3) is 5.69 Å². The number of anilines is 1. The van der Waals surface area contributed by atoms with Gasteiger partial charge in [0.2, 0.25) is 0 Å². The number of amides is 2. The van der Waals surface area contributed by atoms with E-state index in [-0.39, 0.29) is 17.9 Å². The van der Waals surface area contributed by atoms with Gasteiger partial charge in [-0.25, -0.2) is 9.67 Å². The lowest BCUT2D eigenvalue weighted by atomic mass is 9.95. The number of aromatic nitrogens is 3. The van der Waals surface area contributed by atoms with Crippen molar-refractivity contribution in [3.05, 3.63) is 58.8 Å². The maximum atomic E-state index is 12.5. The summed E-state index contributed by atoms with van der Waals surface area (Å²) < 4.78 is 1.64. The molecule has 7 nitrogen and oxygen atoms in total. The maximum absolute atomic E-state index is 12.5. The van der Waals surface area contributed by atoms with Crippen LogP contribution in [0.3, 0.4) is 0 Å². The number of benzene rings is 1. The number of carbonyl (C=O) groups is 2. The van der Waals surface area contributed by atoms with Gasteiger partial charge in [-0.05, 0) is 49.2 Å². The van der Waals surface area contributed by atoms with Crippen LogP contribution in [0.15, 0.2) is 49.1 Å². The third-order valence-corrected chi connectivity index (χ3v) is 5.89. The second kappa shape index (κ2) is 8.35. The Kier molecular flexibility index (Phi) is 5.48. The lowest BCUT2D eigenvalue weighted by Crippen LogP contribution is -2.35. The van der Waals surface area contributed by atoms with Gasteiger partial charge in [-0.15, -0.1) is 11.3 Å². The molecule has 1 fully saturated rings. The molecule has 28 heavy (non-hydrogen) atoms. The van der Waals surface area contributed by atoms with Gasteiger partial charge in [0.25, 0.3) is 11.8 Å². The van der Waals surface area contributed by atoms with Crippen molar-refractivity contribution >= 4 is 28.8 Å². The Balaban J connectivity index is 1.36. The summed E-state index contributed by atoms with van der Waals surface area (Å²) in [5.74, 6) is -0.316. The summed E-state index contributed by atoms with van der Waals surface area (Å²) in [6, 6.07) is 11.0. The van der Waals surface area contributed by atoms with E-state index in [1.54, 1.807) is 35.3 Å². The predicted octanol–water partition coefficient (Wildman–Crippen LogP) is 3.64. The molecule has 4 rings (SSSR count). The predicted molar refractivity (Wildman–Crippen MR) is 108 cm³/mol. The standard InChI is InChI=1S/C20H21N5O2S/c26-19(23-14-4-2-1-3-5-14)17-10-11-18(28-17)20(27)24-15-6-8-16(9-7-15)25-13-21-12-22-25/h6-14H,1-5H2,(H,23,26)(H,24,27). The first-order valence-corrected chi connectivity index (χ1v) is 10.2. The highest BCUT2D eigenvalue weighted by Crippen LogP contribution is 2.21. The number of hydrogen-bond donors (Lipinski definition) is 2. The molecule has 0 saturated heterocycles. The first-order chi connectivity index (χ1) is 13.7. The van der Waals surface area contributed by atoms with Crippen LogP contribution in [0, 0.1) is 0 Å². The van der Waals surface area contributed by atoms with Crippen LogP contribution >= 0.6 is 11.3 Å². The van der Waals surface area contributed by atoms with Crippen molar-refractivity contribution in [2.75, 3.05) is 5.32 Å². The summed E-state index contributed by atoms with van der Waals surface area (Å²) in [6.45, 7) is 0. The lowest BCUT2D eigenvalue weighted by molar-refractivity contribution is 0.0931. The van der Waals surface area contributed by atoms with E-state index in [1.165, 1.54) is 36.9 Å². The molecule has 0 atom stereocenters. The Hall–Kier alpha value is -3.00. The number of nitrogens with one attached hydrogen (secondary N) is 2. The summed E-state index contributed by atoms with van der Waals surface area (Å²) in [5, 5.41) is 10.0. The second-order valence-corrected chi connectivity index (χ2v) is 7.90. The Morgan fingerprint density at radius 1 is 0.964 bits per heavy atom. The van der Waals surface area contributed by atoms with Gasteiger partial charge in [0.1, 0.15) is 12.7 Å². The van der Waals surface area contributed by atoms with Crippen LogP contribution in [0.4, 0.5) is 5.69 Å². The number of carbonyl (C=O) groups excluding carboxylic acids is 2. The van der Waals surface area contributed by atoms with Gasteiger partial charge >= 0.3 is 0 Å². The highest BCUT2D eigenvalue weighted by molar-refractivity contribution is 7.16. The van der Waals surface area contributed by atoms with Gasteiger partial charge in [-0.2, -0.15) is 5.10 Å². The Morgan fingerprint density at radius 2 is 1.68 bits per heavy atom. The fourth-order valence-corrected chi connectivity index (χ4v) is 4.12. The molecular weight excluding hydrogens is 374 g/mol. The molecule has 1 aliphatic carbocycles. The normalized spacial score (nSPS) is 14.6. The molecule has 0 spiro atoms. The van der Waals surface area contributed by atoms with Crippen molar-refractivity contribution in [2.24, 2.45) is 0 Å².